The van der Waals surface area contributed by atoms with Gasteiger partial charge in [-0.05, 0) is 82.1 Å². The van der Waals surface area contributed by atoms with Crippen molar-refractivity contribution in [3.63, 3.8) is 0 Å². The number of anilines is 1. The number of nitrogens with zero attached hydrogens (tertiary/aromatic N) is 6. The maximum Gasteiger partial charge on any atom is 0.229 e. The highest BCUT2D eigenvalue weighted by molar-refractivity contribution is 5.99. The van der Waals surface area contributed by atoms with Crippen LogP contribution in [0.4, 0.5) is 14.6 Å². The first-order valence-electron chi connectivity index (χ1n) is 13.9. The molecule has 2 fully saturated rings. The summed E-state index contributed by atoms with van der Waals surface area (Å²) in [7, 11) is 2.17. The Kier molecular flexibility index (Phi) is 8.74. The monoisotopic (exact) mass is 548 g/mol. The lowest BCUT2D eigenvalue weighted by Crippen LogP contribution is -2.33. The van der Waals surface area contributed by atoms with Crippen molar-refractivity contribution >= 4 is 23.0 Å². The molecule has 0 aliphatic carbocycles. The van der Waals surface area contributed by atoms with Crippen LogP contribution in [-0.4, -0.2) is 64.5 Å². The van der Waals surface area contributed by atoms with E-state index in [1.54, 1.807) is 6.07 Å². The minimum absolute atomic E-state index is 0.0503. The molecule has 0 N–H and O–H groups in total. The molecular formula is C30H34F2N6O2. The molecule has 0 bridgehead atoms. The zero-order valence-corrected chi connectivity index (χ0v) is 22.9. The summed E-state index contributed by atoms with van der Waals surface area (Å²) in [6.07, 6.45) is 8.09. The Balaban J connectivity index is 0.000000477. The van der Waals surface area contributed by atoms with Gasteiger partial charge in [0.2, 0.25) is 5.89 Å². The van der Waals surface area contributed by atoms with Crippen LogP contribution in [0.5, 0.6) is 0 Å². The first-order valence-corrected chi connectivity index (χ1v) is 13.9. The number of piperidine rings is 1. The second-order valence-corrected chi connectivity index (χ2v) is 10.5. The first kappa shape index (κ1) is 27.8. The van der Waals surface area contributed by atoms with Crippen molar-refractivity contribution in [3.8, 4) is 11.1 Å². The summed E-state index contributed by atoms with van der Waals surface area (Å²) in [5, 5.41) is 4.61. The molecule has 0 saturated carbocycles. The quantitative estimate of drug-likeness (QED) is 0.279. The molecule has 0 radical (unpaired) electrons. The number of carbonyl (C=O) groups excluding carboxylic acids is 1. The van der Waals surface area contributed by atoms with Gasteiger partial charge in [0.05, 0.1) is 11.1 Å². The van der Waals surface area contributed by atoms with E-state index < -0.39 is 11.6 Å². The highest BCUT2D eigenvalue weighted by Gasteiger charge is 2.27. The van der Waals surface area contributed by atoms with Crippen LogP contribution >= 0.6 is 0 Å². The molecule has 0 unspecified atom stereocenters. The van der Waals surface area contributed by atoms with Crippen molar-refractivity contribution < 1.29 is 18.1 Å². The molecule has 2 saturated heterocycles. The van der Waals surface area contributed by atoms with Gasteiger partial charge < -0.3 is 14.3 Å². The molecule has 4 heterocycles. The predicted octanol–water partition coefficient (Wildman–Crippen LogP) is 5.82. The van der Waals surface area contributed by atoms with E-state index in [1.165, 1.54) is 56.5 Å². The van der Waals surface area contributed by atoms with Gasteiger partial charge in [0.1, 0.15) is 23.8 Å². The highest BCUT2D eigenvalue weighted by Crippen LogP contribution is 2.36. The van der Waals surface area contributed by atoms with Gasteiger partial charge in [-0.15, -0.1) is 0 Å². The number of halogens is 2. The topological polar surface area (TPSA) is 88.2 Å². The van der Waals surface area contributed by atoms with Gasteiger partial charge in [-0.2, -0.15) is 4.98 Å². The van der Waals surface area contributed by atoms with Crippen LogP contribution in [0.1, 0.15) is 67.0 Å². The van der Waals surface area contributed by atoms with Gasteiger partial charge in [0.15, 0.2) is 12.1 Å². The molecule has 4 aromatic rings. The maximum absolute atomic E-state index is 14.7. The fourth-order valence-corrected chi connectivity index (χ4v) is 5.35. The van der Waals surface area contributed by atoms with Crippen molar-refractivity contribution in [1.82, 2.24) is 25.0 Å². The third kappa shape index (κ3) is 6.17. The van der Waals surface area contributed by atoms with Crippen molar-refractivity contribution in [2.24, 2.45) is 0 Å². The summed E-state index contributed by atoms with van der Waals surface area (Å²) in [5.74, 6) is 1.08. The fourth-order valence-electron chi connectivity index (χ4n) is 5.35. The van der Waals surface area contributed by atoms with Crippen molar-refractivity contribution in [1.29, 1.82) is 0 Å². The van der Waals surface area contributed by atoms with E-state index in [0.29, 0.717) is 53.1 Å². The Hall–Kier alpha value is -3.79. The molecule has 2 aliphatic rings. The van der Waals surface area contributed by atoms with Crippen LogP contribution < -0.4 is 4.90 Å². The van der Waals surface area contributed by atoms with Gasteiger partial charge in [0.25, 0.3) is 0 Å². The maximum atomic E-state index is 14.7. The molecule has 2 aromatic heterocycles. The number of hydrogen-bond donors (Lipinski definition) is 0. The molecule has 40 heavy (non-hydrogen) atoms. The van der Waals surface area contributed by atoms with E-state index in [9.17, 15) is 13.6 Å². The van der Waals surface area contributed by atoms with E-state index >= 15 is 0 Å². The van der Waals surface area contributed by atoms with Crippen LogP contribution in [0.3, 0.4) is 0 Å². The second kappa shape index (κ2) is 12.6. The molecule has 2 aliphatic heterocycles. The molecule has 6 rings (SSSR count). The summed E-state index contributed by atoms with van der Waals surface area (Å²) < 4.78 is 34.4. The molecule has 0 amide bonds. The number of rotatable bonds is 6. The highest BCUT2D eigenvalue weighted by atomic mass is 19.1. The smallest absolute Gasteiger partial charge is 0.229 e. The molecule has 0 atom stereocenters. The molecule has 210 valence electrons. The van der Waals surface area contributed by atoms with Gasteiger partial charge in [-0.25, -0.2) is 18.7 Å². The van der Waals surface area contributed by atoms with Crippen molar-refractivity contribution in [3.05, 3.63) is 65.6 Å². The normalized spacial score (nSPS) is 16.2. The third-order valence-electron chi connectivity index (χ3n) is 7.55. The Morgan fingerprint density at radius 2 is 1.82 bits per heavy atom. The average Bonchev–Trinajstić information content (AvgIpc) is 3.65. The van der Waals surface area contributed by atoms with E-state index in [4.69, 9.17) is 4.52 Å². The van der Waals surface area contributed by atoms with Gasteiger partial charge in [-0.1, -0.05) is 18.1 Å². The SMILES string of the molecule is CCCc1noc(C2CCN(c3ncnc4c(-c5ccc(C=O)c(F)c5)cc(F)cc34)CC2)n1.CN1CCCC1. The van der Waals surface area contributed by atoms with Gasteiger partial charge in [-0.3, -0.25) is 4.79 Å². The zero-order valence-electron chi connectivity index (χ0n) is 22.9. The second-order valence-electron chi connectivity index (χ2n) is 10.5. The van der Waals surface area contributed by atoms with Crippen LogP contribution in [0.25, 0.3) is 22.0 Å². The Morgan fingerprint density at radius 1 is 1.05 bits per heavy atom. The first-order chi connectivity index (χ1) is 19.5. The predicted molar refractivity (Wildman–Crippen MR) is 149 cm³/mol. The number of aldehydes is 1. The molecule has 10 heteroatoms. The number of fused-ring (bicyclic) bond motifs is 1. The number of aryl methyl sites for hydroxylation is 1. The number of likely N-dealkylation sites (tertiary alicyclic amines) is 1. The average molecular weight is 549 g/mol. The number of benzene rings is 2. The lowest BCUT2D eigenvalue weighted by atomic mass is 9.96. The largest absolute Gasteiger partial charge is 0.356 e. The number of aromatic nitrogens is 4. The van der Waals surface area contributed by atoms with Crippen LogP contribution in [0, 0.1) is 11.6 Å². The summed E-state index contributed by atoms with van der Waals surface area (Å²) in [5.41, 5.74) is 1.35. The number of hydrogen-bond acceptors (Lipinski definition) is 8. The fraction of sp³-hybridized carbons (Fsp3) is 0.433. The zero-order chi connectivity index (χ0) is 28.1. The molecule has 0 spiro atoms. The van der Waals surface area contributed by atoms with E-state index in [2.05, 4.69) is 43.9 Å². The summed E-state index contributed by atoms with van der Waals surface area (Å²) in [4.78, 5) is 28.8. The molecule has 8 nitrogen and oxygen atoms in total. The van der Waals surface area contributed by atoms with Crippen LogP contribution in [-0.2, 0) is 6.42 Å². The Bertz CT molecular complexity index is 1460. The van der Waals surface area contributed by atoms with Crippen molar-refractivity contribution in [2.75, 3.05) is 38.1 Å². The Labute approximate surface area is 232 Å². The van der Waals surface area contributed by atoms with E-state index in [0.717, 1.165) is 31.5 Å². The minimum atomic E-state index is -0.663. The van der Waals surface area contributed by atoms with E-state index in [-0.39, 0.29) is 11.5 Å². The lowest BCUT2D eigenvalue weighted by molar-refractivity contribution is 0.112. The van der Waals surface area contributed by atoms with Crippen molar-refractivity contribution in [2.45, 2.75) is 51.4 Å². The summed E-state index contributed by atoms with van der Waals surface area (Å²) >= 11 is 0. The lowest BCUT2D eigenvalue weighted by Gasteiger charge is -2.32. The van der Waals surface area contributed by atoms with E-state index in [1.807, 2.05) is 0 Å². The summed E-state index contributed by atoms with van der Waals surface area (Å²) in [6, 6.07) is 6.92. The molecule has 2 aromatic carbocycles. The standard InChI is InChI=1S/C25H23F2N5O2.C5H11N/c1-2-3-22-30-25(34-31-22)15-6-8-32(9-7-15)24-20-12-18(26)11-19(23(20)28-14-29-24)16-4-5-17(13-33)21(27)10-16;1-6-4-2-3-5-6/h4-5,10-15H,2-3,6-9H2,1H3;2-5H2,1H3. The minimum Gasteiger partial charge on any atom is -0.356 e. The Morgan fingerprint density at radius 3 is 2.48 bits per heavy atom. The third-order valence-corrected chi connectivity index (χ3v) is 7.55. The van der Waals surface area contributed by atoms with Gasteiger partial charge in [0, 0.05) is 36.4 Å². The van der Waals surface area contributed by atoms with Gasteiger partial charge >= 0.3 is 0 Å². The van der Waals surface area contributed by atoms with Crippen LogP contribution in [0.15, 0.2) is 41.2 Å². The number of carbonyl (C=O) groups is 1. The summed E-state index contributed by atoms with van der Waals surface area (Å²) in [6.45, 7) is 6.10. The molecular weight excluding hydrogens is 514 g/mol. The van der Waals surface area contributed by atoms with Crippen LogP contribution in [0.2, 0.25) is 0 Å².